The Hall–Kier alpha value is -3.95. The molecular formula is C20H17F2N5O3. The number of ether oxygens (including phenoxy) is 1. The smallest absolute Gasteiger partial charge is 0.439 e. The predicted molar refractivity (Wildman–Crippen MR) is 107 cm³/mol. The highest BCUT2D eigenvalue weighted by atomic mass is 19.3. The largest absolute Gasteiger partial charge is 0.496 e. The second kappa shape index (κ2) is 7.82. The highest BCUT2D eigenvalue weighted by molar-refractivity contribution is 5.73. The highest BCUT2D eigenvalue weighted by Gasteiger charge is 2.16. The summed E-state index contributed by atoms with van der Waals surface area (Å²) in [6, 6.07) is 11.2. The van der Waals surface area contributed by atoms with Crippen molar-refractivity contribution in [3.8, 4) is 5.75 Å². The minimum absolute atomic E-state index is 0.0916. The lowest BCUT2D eigenvalue weighted by Crippen LogP contribution is -2.23. The number of fused-ring (bicyclic) bond motifs is 1. The number of hydrogen-bond donors (Lipinski definition) is 2. The van der Waals surface area contributed by atoms with Crippen molar-refractivity contribution in [2.75, 3.05) is 17.9 Å². The summed E-state index contributed by atoms with van der Waals surface area (Å²) in [5, 5.41) is 2.89. The number of halogens is 2. The number of anilines is 3. The summed E-state index contributed by atoms with van der Waals surface area (Å²) in [5.41, 5.74) is 4.68. The molecule has 154 valence electrons. The van der Waals surface area contributed by atoms with E-state index in [-0.39, 0.29) is 17.3 Å². The van der Waals surface area contributed by atoms with Crippen molar-refractivity contribution in [2.24, 2.45) is 0 Å². The third-order valence-electron chi connectivity index (χ3n) is 4.40. The second-order valence-corrected chi connectivity index (χ2v) is 6.39. The van der Waals surface area contributed by atoms with Crippen molar-refractivity contribution >= 4 is 28.6 Å². The van der Waals surface area contributed by atoms with E-state index in [4.69, 9.17) is 9.15 Å². The zero-order valence-corrected chi connectivity index (χ0v) is 16.0. The van der Waals surface area contributed by atoms with Gasteiger partial charge in [0.25, 0.3) is 6.43 Å². The molecule has 0 fully saturated rings. The molecule has 2 heterocycles. The number of rotatable bonds is 6. The molecule has 0 spiro atoms. The molecule has 2 aromatic carbocycles. The average molecular weight is 413 g/mol. The molecule has 0 aliphatic rings. The van der Waals surface area contributed by atoms with E-state index in [1.807, 2.05) is 0 Å². The van der Waals surface area contributed by atoms with Gasteiger partial charge >= 0.3 is 5.76 Å². The van der Waals surface area contributed by atoms with Gasteiger partial charge in [-0.2, -0.15) is 9.66 Å². The zero-order valence-electron chi connectivity index (χ0n) is 16.0. The van der Waals surface area contributed by atoms with Crippen molar-refractivity contribution < 1.29 is 17.9 Å². The van der Waals surface area contributed by atoms with E-state index in [0.29, 0.717) is 28.2 Å². The third kappa shape index (κ3) is 3.66. The van der Waals surface area contributed by atoms with Crippen molar-refractivity contribution in [3.05, 3.63) is 70.3 Å². The van der Waals surface area contributed by atoms with Crippen LogP contribution >= 0.6 is 0 Å². The molecule has 4 aromatic rings. The first-order chi connectivity index (χ1) is 14.5. The molecule has 0 amide bonds. The number of nitrogens with one attached hydrogen (secondary N) is 2. The van der Waals surface area contributed by atoms with E-state index in [1.54, 1.807) is 43.5 Å². The van der Waals surface area contributed by atoms with Crippen LogP contribution in [0.2, 0.25) is 0 Å². The first kappa shape index (κ1) is 19.4. The van der Waals surface area contributed by atoms with Crippen LogP contribution in [0.1, 0.15) is 17.6 Å². The number of oxazole rings is 1. The maximum absolute atomic E-state index is 13.2. The van der Waals surface area contributed by atoms with Crippen molar-refractivity contribution in [2.45, 2.75) is 13.3 Å². The number of alkyl halides is 2. The summed E-state index contributed by atoms with van der Waals surface area (Å²) in [6.45, 7) is 1.77. The van der Waals surface area contributed by atoms with Crippen LogP contribution in [0, 0.1) is 6.92 Å². The van der Waals surface area contributed by atoms with Crippen molar-refractivity contribution in [1.82, 2.24) is 14.6 Å². The predicted octanol–water partition coefficient (Wildman–Crippen LogP) is 4.26. The average Bonchev–Trinajstić information content (AvgIpc) is 3.05. The molecule has 10 heteroatoms. The van der Waals surface area contributed by atoms with Crippen LogP contribution in [-0.2, 0) is 0 Å². The third-order valence-corrected chi connectivity index (χ3v) is 4.40. The van der Waals surface area contributed by atoms with Gasteiger partial charge in [0.2, 0.25) is 5.95 Å². The molecule has 0 aliphatic heterocycles. The summed E-state index contributed by atoms with van der Waals surface area (Å²) in [7, 11) is 1.33. The Balaban J connectivity index is 1.65. The monoisotopic (exact) mass is 413 g/mol. The maximum atomic E-state index is 13.2. The van der Waals surface area contributed by atoms with E-state index in [0.717, 1.165) is 0 Å². The minimum Gasteiger partial charge on any atom is -0.496 e. The standard InChI is InChI=1S/C20H17F2N5O3/c1-11-10-23-19(24-12-7-8-15(29-2)13(9-12)17(21)22)25-18(11)26-27-14-5-3-4-6-16(14)30-20(27)28/h3-10,17H,1-2H3,(H2,23,24,25,26). The van der Waals surface area contributed by atoms with Gasteiger partial charge in [0.1, 0.15) is 11.3 Å². The summed E-state index contributed by atoms with van der Waals surface area (Å²) >= 11 is 0. The highest BCUT2D eigenvalue weighted by Crippen LogP contribution is 2.32. The number of nitrogens with zero attached hydrogens (tertiary/aromatic N) is 3. The van der Waals surface area contributed by atoms with Gasteiger partial charge in [-0.15, -0.1) is 0 Å². The Morgan fingerprint density at radius 2 is 2.00 bits per heavy atom. The molecule has 0 bridgehead atoms. The molecular weight excluding hydrogens is 396 g/mol. The number of hydrogen-bond acceptors (Lipinski definition) is 7. The van der Waals surface area contributed by atoms with Gasteiger partial charge in [-0.3, -0.25) is 5.43 Å². The fraction of sp³-hybridized carbons (Fsp3) is 0.150. The fourth-order valence-corrected chi connectivity index (χ4v) is 2.91. The van der Waals surface area contributed by atoms with E-state index in [2.05, 4.69) is 20.7 Å². The summed E-state index contributed by atoms with van der Waals surface area (Å²) < 4.78 is 37.9. The van der Waals surface area contributed by atoms with Crippen LogP contribution in [0.5, 0.6) is 5.75 Å². The van der Waals surface area contributed by atoms with Crippen LogP contribution in [0.3, 0.4) is 0 Å². The summed E-state index contributed by atoms with van der Waals surface area (Å²) in [5.74, 6) is 0.00692. The number of benzene rings is 2. The van der Waals surface area contributed by atoms with Gasteiger partial charge in [-0.05, 0) is 37.3 Å². The Bertz CT molecular complexity index is 1270. The first-order valence-electron chi connectivity index (χ1n) is 8.90. The molecule has 2 aromatic heterocycles. The Morgan fingerprint density at radius 1 is 1.20 bits per heavy atom. The van der Waals surface area contributed by atoms with E-state index in [1.165, 1.54) is 23.9 Å². The van der Waals surface area contributed by atoms with Crippen LogP contribution in [0.15, 0.2) is 57.9 Å². The minimum atomic E-state index is -2.70. The second-order valence-electron chi connectivity index (χ2n) is 6.39. The maximum Gasteiger partial charge on any atom is 0.439 e. The molecule has 0 radical (unpaired) electrons. The zero-order chi connectivity index (χ0) is 21.3. The number of aryl methyl sites for hydroxylation is 1. The lowest BCUT2D eigenvalue weighted by Gasteiger charge is -2.13. The normalized spacial score (nSPS) is 11.1. The topological polar surface area (TPSA) is 94.2 Å². The fourth-order valence-electron chi connectivity index (χ4n) is 2.91. The van der Waals surface area contributed by atoms with E-state index in [9.17, 15) is 13.6 Å². The van der Waals surface area contributed by atoms with Crippen LogP contribution in [0.4, 0.5) is 26.2 Å². The van der Waals surface area contributed by atoms with Crippen molar-refractivity contribution in [1.29, 1.82) is 0 Å². The molecule has 0 atom stereocenters. The van der Waals surface area contributed by atoms with Gasteiger partial charge in [-0.25, -0.2) is 18.6 Å². The van der Waals surface area contributed by atoms with Gasteiger partial charge < -0.3 is 14.5 Å². The van der Waals surface area contributed by atoms with Crippen molar-refractivity contribution in [3.63, 3.8) is 0 Å². The first-order valence-corrected chi connectivity index (χ1v) is 8.90. The summed E-state index contributed by atoms with van der Waals surface area (Å²) in [4.78, 5) is 20.7. The lowest BCUT2D eigenvalue weighted by atomic mass is 10.2. The Morgan fingerprint density at radius 3 is 2.77 bits per heavy atom. The van der Waals surface area contributed by atoms with E-state index < -0.39 is 12.2 Å². The SMILES string of the molecule is COc1ccc(Nc2ncc(C)c(Nn3c(=O)oc4ccccc43)n2)cc1C(F)F. The molecule has 0 unspecified atom stereocenters. The number of aromatic nitrogens is 3. The number of methoxy groups -OCH3 is 1. The molecule has 4 rings (SSSR count). The Kier molecular flexibility index (Phi) is 5.05. The van der Waals surface area contributed by atoms with Gasteiger partial charge in [0.05, 0.1) is 12.7 Å². The molecule has 0 saturated heterocycles. The van der Waals surface area contributed by atoms with Gasteiger partial charge in [0, 0.05) is 17.4 Å². The van der Waals surface area contributed by atoms with Crippen LogP contribution in [0.25, 0.3) is 11.1 Å². The van der Waals surface area contributed by atoms with Crippen LogP contribution in [-0.4, -0.2) is 21.8 Å². The quantitative estimate of drug-likeness (QED) is 0.488. The lowest BCUT2D eigenvalue weighted by molar-refractivity contribution is 0.147. The molecule has 30 heavy (non-hydrogen) atoms. The molecule has 8 nitrogen and oxygen atoms in total. The molecule has 0 saturated carbocycles. The molecule has 0 aliphatic carbocycles. The van der Waals surface area contributed by atoms with Gasteiger partial charge in [0.15, 0.2) is 11.4 Å². The number of para-hydroxylation sites is 2. The van der Waals surface area contributed by atoms with Gasteiger partial charge in [-0.1, -0.05) is 12.1 Å². The summed E-state index contributed by atoms with van der Waals surface area (Å²) in [6.07, 6.45) is -1.15. The van der Waals surface area contributed by atoms with Crippen LogP contribution < -0.4 is 21.2 Å². The van der Waals surface area contributed by atoms with E-state index >= 15 is 0 Å². The molecule has 2 N–H and O–H groups in total. The Labute approximate surface area is 169 Å².